The molecule has 0 fully saturated rings. The number of allylic oxidation sites excluding steroid dienone is 1. The minimum absolute atomic E-state index is 0.0786. The normalized spacial score (nSPS) is 25.8. The van der Waals surface area contributed by atoms with E-state index in [1.54, 1.807) is 0 Å². The number of hydrogen-bond donors (Lipinski definition) is 0. The summed E-state index contributed by atoms with van der Waals surface area (Å²) in [5.74, 6) is 0.429. The van der Waals surface area contributed by atoms with E-state index in [2.05, 4.69) is 33.8 Å². The van der Waals surface area contributed by atoms with Gasteiger partial charge in [-0.05, 0) is 31.6 Å². The van der Waals surface area contributed by atoms with Crippen molar-refractivity contribution in [2.45, 2.75) is 59.5 Å². The molecule has 0 saturated carbocycles. The molecule has 0 heterocycles. The first-order valence-electron chi connectivity index (χ1n) is 6.28. The number of hydrogen-bond acceptors (Lipinski definition) is 2. The third kappa shape index (κ3) is 3.36. The highest BCUT2D eigenvalue weighted by atomic mass is 16.5. The Hall–Kier alpha value is -0.790. The van der Waals surface area contributed by atoms with E-state index < -0.39 is 0 Å². The molecular formula is C14H24O2. The number of carbonyl (C=O) groups is 1. The maximum absolute atomic E-state index is 10.5. The number of carbonyl (C=O) groups excluding carboxylic acids is 1. The highest BCUT2D eigenvalue weighted by Gasteiger charge is 2.31. The molecule has 1 aliphatic rings. The van der Waals surface area contributed by atoms with Crippen LogP contribution in [0.3, 0.4) is 0 Å². The van der Waals surface area contributed by atoms with E-state index in [0.29, 0.717) is 17.8 Å². The molecule has 0 aliphatic heterocycles. The number of rotatable bonds is 5. The molecule has 0 N–H and O–H groups in total. The SMILES string of the molecule is CCC[C@@H](OC=O)[C@@H]1CCC(C)(C)C=C1C. The zero-order valence-electron chi connectivity index (χ0n) is 11.0. The molecule has 2 atom stereocenters. The lowest BCUT2D eigenvalue weighted by atomic mass is 9.73. The van der Waals surface area contributed by atoms with Crippen molar-refractivity contribution in [2.24, 2.45) is 11.3 Å². The summed E-state index contributed by atoms with van der Waals surface area (Å²) in [5, 5.41) is 0. The maximum atomic E-state index is 10.5. The lowest BCUT2D eigenvalue weighted by Crippen LogP contribution is -2.30. The molecule has 16 heavy (non-hydrogen) atoms. The summed E-state index contributed by atoms with van der Waals surface area (Å²) in [4.78, 5) is 10.5. The first kappa shape index (κ1) is 13.3. The van der Waals surface area contributed by atoms with Gasteiger partial charge in [-0.15, -0.1) is 0 Å². The van der Waals surface area contributed by atoms with Gasteiger partial charge >= 0.3 is 0 Å². The molecule has 92 valence electrons. The van der Waals surface area contributed by atoms with E-state index in [9.17, 15) is 4.79 Å². The highest BCUT2D eigenvalue weighted by molar-refractivity contribution is 5.38. The lowest BCUT2D eigenvalue weighted by Gasteiger charge is -2.35. The quantitative estimate of drug-likeness (QED) is 0.525. The second-order valence-corrected chi connectivity index (χ2v) is 5.58. The summed E-state index contributed by atoms with van der Waals surface area (Å²) >= 11 is 0. The topological polar surface area (TPSA) is 26.3 Å². The van der Waals surface area contributed by atoms with Crippen LogP contribution in [0.5, 0.6) is 0 Å². The fourth-order valence-corrected chi connectivity index (χ4v) is 2.75. The molecular weight excluding hydrogens is 200 g/mol. The zero-order chi connectivity index (χ0) is 12.2. The van der Waals surface area contributed by atoms with Crippen LogP contribution < -0.4 is 0 Å². The molecule has 0 radical (unpaired) electrons. The molecule has 2 heteroatoms. The molecule has 0 unspecified atom stereocenters. The first-order chi connectivity index (χ1) is 7.50. The third-order valence-corrected chi connectivity index (χ3v) is 3.56. The number of ether oxygens (including phenoxy) is 1. The maximum Gasteiger partial charge on any atom is 0.293 e. The average molecular weight is 224 g/mol. The molecule has 1 rings (SSSR count). The summed E-state index contributed by atoms with van der Waals surface area (Å²) in [5.41, 5.74) is 1.69. The van der Waals surface area contributed by atoms with Gasteiger partial charge in [-0.2, -0.15) is 0 Å². The molecule has 0 aromatic carbocycles. The highest BCUT2D eigenvalue weighted by Crippen LogP contribution is 2.39. The van der Waals surface area contributed by atoms with E-state index >= 15 is 0 Å². The van der Waals surface area contributed by atoms with Crippen molar-refractivity contribution in [3.05, 3.63) is 11.6 Å². The second kappa shape index (κ2) is 5.51. The zero-order valence-corrected chi connectivity index (χ0v) is 11.0. The van der Waals surface area contributed by atoms with Gasteiger partial charge in [0.1, 0.15) is 6.10 Å². The molecule has 0 bridgehead atoms. The van der Waals surface area contributed by atoms with Crippen molar-refractivity contribution in [1.82, 2.24) is 0 Å². The third-order valence-electron chi connectivity index (χ3n) is 3.56. The van der Waals surface area contributed by atoms with Gasteiger partial charge in [-0.3, -0.25) is 4.79 Å². The van der Waals surface area contributed by atoms with Crippen LogP contribution in [0.2, 0.25) is 0 Å². The van der Waals surface area contributed by atoms with E-state index in [4.69, 9.17) is 4.74 Å². The molecule has 0 aromatic heterocycles. The van der Waals surface area contributed by atoms with Crippen molar-refractivity contribution < 1.29 is 9.53 Å². The van der Waals surface area contributed by atoms with E-state index in [0.717, 1.165) is 19.3 Å². The summed E-state index contributed by atoms with van der Waals surface area (Å²) in [6, 6.07) is 0. The molecule has 0 aromatic rings. The van der Waals surface area contributed by atoms with E-state index in [1.165, 1.54) is 12.0 Å². The summed E-state index contributed by atoms with van der Waals surface area (Å²) in [7, 11) is 0. The predicted octanol–water partition coefficient (Wildman–Crippen LogP) is 3.71. The van der Waals surface area contributed by atoms with Crippen LogP contribution in [0.4, 0.5) is 0 Å². The van der Waals surface area contributed by atoms with Gasteiger partial charge in [0.25, 0.3) is 6.47 Å². The van der Waals surface area contributed by atoms with E-state index in [1.807, 2.05) is 0 Å². The van der Waals surface area contributed by atoms with Gasteiger partial charge < -0.3 is 4.74 Å². The Morgan fingerprint density at radius 3 is 2.81 bits per heavy atom. The van der Waals surface area contributed by atoms with Crippen LogP contribution in [0.25, 0.3) is 0 Å². The van der Waals surface area contributed by atoms with Gasteiger partial charge in [-0.25, -0.2) is 0 Å². The molecule has 0 amide bonds. The van der Waals surface area contributed by atoms with Crippen LogP contribution in [0.15, 0.2) is 11.6 Å². The largest absolute Gasteiger partial charge is 0.464 e. The Morgan fingerprint density at radius 2 is 2.31 bits per heavy atom. The smallest absolute Gasteiger partial charge is 0.293 e. The summed E-state index contributed by atoms with van der Waals surface area (Å²) in [6.45, 7) is 9.44. The minimum atomic E-state index is 0.0786. The standard InChI is InChI=1S/C14H24O2/c1-5-6-13(16-10-15)12-7-8-14(3,4)9-11(12)2/h9-10,12-13H,5-8H2,1-4H3/t12-,13-/m1/s1. The summed E-state index contributed by atoms with van der Waals surface area (Å²) in [6.07, 6.45) is 6.76. The van der Waals surface area contributed by atoms with Gasteiger partial charge in [0, 0.05) is 5.92 Å². The Labute approximate surface area is 99.1 Å². The van der Waals surface area contributed by atoms with Crippen molar-refractivity contribution in [2.75, 3.05) is 0 Å². The van der Waals surface area contributed by atoms with Crippen LogP contribution in [0, 0.1) is 11.3 Å². The van der Waals surface area contributed by atoms with Crippen LogP contribution in [-0.2, 0) is 9.53 Å². The van der Waals surface area contributed by atoms with Crippen molar-refractivity contribution in [1.29, 1.82) is 0 Å². The fourth-order valence-electron chi connectivity index (χ4n) is 2.75. The van der Waals surface area contributed by atoms with Gasteiger partial charge in [0.05, 0.1) is 0 Å². The van der Waals surface area contributed by atoms with Crippen LogP contribution in [0.1, 0.15) is 53.4 Å². The van der Waals surface area contributed by atoms with Crippen molar-refractivity contribution >= 4 is 6.47 Å². The van der Waals surface area contributed by atoms with Gasteiger partial charge in [0.2, 0.25) is 0 Å². The molecule has 2 nitrogen and oxygen atoms in total. The fraction of sp³-hybridized carbons (Fsp3) is 0.786. The molecule has 0 spiro atoms. The molecule has 1 aliphatic carbocycles. The van der Waals surface area contributed by atoms with Crippen LogP contribution in [-0.4, -0.2) is 12.6 Å². The van der Waals surface area contributed by atoms with Crippen molar-refractivity contribution in [3.8, 4) is 0 Å². The first-order valence-corrected chi connectivity index (χ1v) is 6.28. The lowest BCUT2D eigenvalue weighted by molar-refractivity contribution is -0.136. The van der Waals surface area contributed by atoms with Gasteiger partial charge in [0.15, 0.2) is 0 Å². The van der Waals surface area contributed by atoms with Gasteiger partial charge in [-0.1, -0.05) is 38.8 Å². The Balaban J connectivity index is 2.75. The summed E-state index contributed by atoms with van der Waals surface area (Å²) < 4.78 is 5.24. The molecule has 0 saturated heterocycles. The Kier molecular flexibility index (Phi) is 4.57. The average Bonchev–Trinajstić information content (AvgIpc) is 2.16. The minimum Gasteiger partial charge on any atom is -0.464 e. The van der Waals surface area contributed by atoms with Crippen LogP contribution >= 0.6 is 0 Å². The monoisotopic (exact) mass is 224 g/mol. The van der Waals surface area contributed by atoms with E-state index in [-0.39, 0.29) is 6.10 Å². The second-order valence-electron chi connectivity index (χ2n) is 5.58. The predicted molar refractivity (Wildman–Crippen MR) is 66.1 cm³/mol. The Bertz CT molecular complexity index is 266. The Morgan fingerprint density at radius 1 is 1.62 bits per heavy atom. The van der Waals surface area contributed by atoms with Crippen molar-refractivity contribution in [3.63, 3.8) is 0 Å².